The number of anilines is 2. The van der Waals surface area contributed by atoms with Crippen LogP contribution in [-0.2, 0) is 11.0 Å². The largest absolute Gasteiger partial charge is 0.459 e. The van der Waals surface area contributed by atoms with Crippen LogP contribution in [0.1, 0.15) is 26.9 Å². The molecule has 0 aliphatic carbocycles. The lowest BCUT2D eigenvalue weighted by atomic mass is 10.1. The van der Waals surface area contributed by atoms with Crippen LogP contribution in [0.25, 0.3) is 0 Å². The summed E-state index contributed by atoms with van der Waals surface area (Å²) in [7, 11) is 0. The molecular formula is C26H18ClF3N2O3S. The minimum Gasteiger partial charge on any atom is -0.459 e. The Hall–Kier alpha value is -3.69. The van der Waals surface area contributed by atoms with E-state index in [0.717, 1.165) is 23.9 Å². The first-order valence-electron chi connectivity index (χ1n) is 10.5. The first-order valence-corrected chi connectivity index (χ1v) is 11.8. The fraction of sp³-hybridized carbons (Fsp3) is 0.0769. The van der Waals surface area contributed by atoms with Gasteiger partial charge in [-0.3, -0.25) is 9.59 Å². The highest BCUT2D eigenvalue weighted by atomic mass is 35.5. The average Bonchev–Trinajstić information content (AvgIpc) is 3.40. The molecule has 2 N–H and O–H groups in total. The zero-order chi connectivity index (χ0) is 25.7. The summed E-state index contributed by atoms with van der Waals surface area (Å²) in [5.41, 5.74) is -0.290. The molecule has 4 rings (SSSR count). The van der Waals surface area contributed by atoms with Crippen LogP contribution < -0.4 is 10.6 Å². The molecule has 1 atom stereocenters. The van der Waals surface area contributed by atoms with E-state index in [1.807, 2.05) is 0 Å². The lowest BCUT2D eigenvalue weighted by molar-refractivity contribution is -0.137. The quantitative estimate of drug-likeness (QED) is 0.240. The minimum atomic E-state index is -4.70. The number of carbonyl (C=O) groups excluding carboxylic acids is 2. The van der Waals surface area contributed by atoms with E-state index in [0.29, 0.717) is 16.1 Å². The second-order valence-electron chi connectivity index (χ2n) is 7.54. The van der Waals surface area contributed by atoms with Crippen molar-refractivity contribution in [1.82, 2.24) is 0 Å². The monoisotopic (exact) mass is 530 g/mol. The van der Waals surface area contributed by atoms with Crippen LogP contribution in [0, 0.1) is 0 Å². The highest BCUT2D eigenvalue weighted by molar-refractivity contribution is 8.00. The van der Waals surface area contributed by atoms with Crippen molar-refractivity contribution in [3.05, 3.63) is 113 Å². The number of carbonyl (C=O) groups is 2. The summed E-state index contributed by atoms with van der Waals surface area (Å²) in [6.07, 6.45) is -3.30. The molecule has 4 aromatic rings. The van der Waals surface area contributed by atoms with E-state index in [4.69, 9.17) is 16.0 Å². The predicted molar refractivity (Wildman–Crippen MR) is 133 cm³/mol. The van der Waals surface area contributed by atoms with E-state index in [-0.39, 0.29) is 16.5 Å². The molecule has 0 bridgehead atoms. The van der Waals surface area contributed by atoms with Crippen LogP contribution in [0.5, 0.6) is 0 Å². The van der Waals surface area contributed by atoms with E-state index in [2.05, 4.69) is 10.6 Å². The van der Waals surface area contributed by atoms with Gasteiger partial charge in [0.1, 0.15) is 5.25 Å². The van der Waals surface area contributed by atoms with Crippen molar-refractivity contribution in [2.24, 2.45) is 0 Å². The van der Waals surface area contributed by atoms with E-state index in [1.54, 1.807) is 60.7 Å². The molecule has 0 radical (unpaired) electrons. The Morgan fingerprint density at radius 3 is 2.25 bits per heavy atom. The highest BCUT2D eigenvalue weighted by Gasteiger charge is 2.35. The van der Waals surface area contributed by atoms with Crippen molar-refractivity contribution in [3.8, 4) is 0 Å². The van der Waals surface area contributed by atoms with Gasteiger partial charge in [0.05, 0.1) is 17.5 Å². The lowest BCUT2D eigenvalue weighted by Gasteiger charge is -2.19. The Morgan fingerprint density at radius 2 is 1.61 bits per heavy atom. The van der Waals surface area contributed by atoms with Gasteiger partial charge in [0.15, 0.2) is 5.76 Å². The van der Waals surface area contributed by atoms with Crippen LogP contribution in [0.3, 0.4) is 0 Å². The molecule has 1 aromatic heterocycles. The minimum absolute atomic E-state index is 0.0893. The van der Waals surface area contributed by atoms with E-state index >= 15 is 0 Å². The number of nitrogens with one attached hydrogen (secondary N) is 2. The fourth-order valence-electron chi connectivity index (χ4n) is 3.31. The smallest absolute Gasteiger partial charge is 0.418 e. The topological polar surface area (TPSA) is 71.3 Å². The third-order valence-corrected chi connectivity index (χ3v) is 6.50. The van der Waals surface area contributed by atoms with Gasteiger partial charge >= 0.3 is 6.18 Å². The first-order chi connectivity index (χ1) is 17.2. The summed E-state index contributed by atoms with van der Waals surface area (Å²) in [6, 6.07) is 21.8. The van der Waals surface area contributed by atoms with E-state index < -0.39 is 28.8 Å². The Labute approximate surface area is 213 Å². The SMILES string of the molecule is O=C(Nc1ccc(SC(C(=O)Nc2ccc(Cl)cc2C(F)(F)F)c2ccccc2)cc1)c1ccco1. The molecular weight excluding hydrogens is 513 g/mol. The number of hydrogen-bond acceptors (Lipinski definition) is 4. The molecule has 0 saturated heterocycles. The summed E-state index contributed by atoms with van der Waals surface area (Å²) in [5.74, 6) is -0.880. The van der Waals surface area contributed by atoms with Crippen molar-refractivity contribution in [2.75, 3.05) is 10.6 Å². The third kappa shape index (κ3) is 6.30. The molecule has 10 heteroatoms. The zero-order valence-corrected chi connectivity index (χ0v) is 20.0. The number of thioether (sulfide) groups is 1. The molecule has 5 nitrogen and oxygen atoms in total. The van der Waals surface area contributed by atoms with Crippen molar-refractivity contribution >= 4 is 46.6 Å². The van der Waals surface area contributed by atoms with Crippen LogP contribution in [0.15, 0.2) is 101 Å². The van der Waals surface area contributed by atoms with Crippen LogP contribution in [0.2, 0.25) is 5.02 Å². The second kappa shape index (κ2) is 10.9. The molecule has 0 fully saturated rings. The zero-order valence-electron chi connectivity index (χ0n) is 18.4. The molecule has 2 amide bonds. The van der Waals surface area contributed by atoms with Gasteiger partial charge in [-0.1, -0.05) is 41.9 Å². The highest BCUT2D eigenvalue weighted by Crippen LogP contribution is 2.40. The van der Waals surface area contributed by atoms with Crippen LogP contribution in [0.4, 0.5) is 24.5 Å². The molecule has 0 aliphatic rings. The molecule has 184 valence electrons. The maximum Gasteiger partial charge on any atom is 0.418 e. The van der Waals surface area contributed by atoms with Gasteiger partial charge in [0.2, 0.25) is 5.91 Å². The second-order valence-corrected chi connectivity index (χ2v) is 9.16. The Morgan fingerprint density at radius 1 is 0.889 bits per heavy atom. The molecule has 0 aliphatic heterocycles. The number of hydrogen-bond donors (Lipinski definition) is 2. The third-order valence-electron chi connectivity index (χ3n) is 5.00. The molecule has 0 saturated carbocycles. The number of rotatable bonds is 7. The summed E-state index contributed by atoms with van der Waals surface area (Å²) < 4.78 is 45.6. The number of alkyl halides is 3. The maximum absolute atomic E-state index is 13.5. The Kier molecular flexibility index (Phi) is 7.71. The van der Waals surface area contributed by atoms with Crippen molar-refractivity contribution < 1.29 is 27.2 Å². The number of furan rings is 1. The van der Waals surface area contributed by atoms with Crippen molar-refractivity contribution in [3.63, 3.8) is 0 Å². The number of benzene rings is 3. The molecule has 0 spiro atoms. The molecule has 36 heavy (non-hydrogen) atoms. The van der Waals surface area contributed by atoms with Gasteiger partial charge in [0, 0.05) is 15.6 Å². The maximum atomic E-state index is 13.5. The summed E-state index contributed by atoms with van der Waals surface area (Å²) in [5, 5.41) is 4.16. The van der Waals surface area contributed by atoms with E-state index in [9.17, 15) is 22.8 Å². The van der Waals surface area contributed by atoms with Gasteiger partial charge in [0.25, 0.3) is 5.91 Å². The predicted octanol–water partition coefficient (Wildman–Crippen LogP) is 7.68. The van der Waals surface area contributed by atoms with Crippen molar-refractivity contribution in [1.29, 1.82) is 0 Å². The first kappa shape index (κ1) is 25.4. The lowest BCUT2D eigenvalue weighted by Crippen LogP contribution is -2.21. The Balaban J connectivity index is 1.55. The van der Waals surface area contributed by atoms with Crippen molar-refractivity contribution in [2.45, 2.75) is 16.3 Å². The average molecular weight is 531 g/mol. The molecule has 3 aromatic carbocycles. The standard InChI is InChI=1S/C26H18ClF3N2O3S/c27-17-8-13-21(20(15-17)26(28,29)30)32-25(34)23(16-5-2-1-3-6-16)36-19-11-9-18(10-12-19)31-24(33)22-7-4-14-35-22/h1-15,23H,(H,31,33)(H,32,34). The van der Waals surface area contributed by atoms with Gasteiger partial charge < -0.3 is 15.1 Å². The number of amides is 2. The van der Waals surface area contributed by atoms with Crippen LogP contribution in [-0.4, -0.2) is 11.8 Å². The van der Waals surface area contributed by atoms with Gasteiger partial charge in [-0.05, 0) is 60.2 Å². The normalized spacial score (nSPS) is 12.1. The molecule has 1 unspecified atom stereocenters. The fourth-order valence-corrected chi connectivity index (χ4v) is 4.51. The molecule has 1 heterocycles. The Bertz CT molecular complexity index is 1350. The van der Waals surface area contributed by atoms with Gasteiger partial charge in [-0.25, -0.2) is 0 Å². The van der Waals surface area contributed by atoms with E-state index in [1.165, 1.54) is 18.4 Å². The number of halogens is 4. The van der Waals surface area contributed by atoms with Crippen LogP contribution >= 0.6 is 23.4 Å². The van der Waals surface area contributed by atoms with Gasteiger partial charge in [-0.15, -0.1) is 11.8 Å². The summed E-state index contributed by atoms with van der Waals surface area (Å²) in [6.45, 7) is 0. The summed E-state index contributed by atoms with van der Waals surface area (Å²) >= 11 is 6.91. The van der Waals surface area contributed by atoms with Gasteiger partial charge in [-0.2, -0.15) is 13.2 Å². The summed E-state index contributed by atoms with van der Waals surface area (Å²) in [4.78, 5) is 26.0.